The van der Waals surface area contributed by atoms with Gasteiger partial charge in [-0.15, -0.1) is 0 Å². The number of ether oxygens (including phenoxy) is 1. The van der Waals surface area contributed by atoms with Crippen LogP contribution in [-0.2, 0) is 16.1 Å². The molecule has 0 amide bonds. The van der Waals surface area contributed by atoms with E-state index in [9.17, 15) is 9.59 Å². The lowest BCUT2D eigenvalue weighted by molar-refractivity contribution is -0.155. The van der Waals surface area contributed by atoms with Crippen LogP contribution in [0.2, 0.25) is 0 Å². The number of nitrogens with zero attached hydrogens (tertiary/aromatic N) is 1. The number of rotatable bonds is 5. The molecule has 0 radical (unpaired) electrons. The Labute approximate surface area is 112 Å². The number of esters is 1. The van der Waals surface area contributed by atoms with Crippen LogP contribution in [-0.4, -0.2) is 41.1 Å². The molecule has 1 heterocycles. The summed E-state index contributed by atoms with van der Waals surface area (Å²) in [6.07, 6.45) is 0. The van der Waals surface area contributed by atoms with Gasteiger partial charge in [0.1, 0.15) is 11.4 Å². The highest BCUT2D eigenvalue weighted by molar-refractivity contribution is 5.84. The Morgan fingerprint density at radius 3 is 2.47 bits per heavy atom. The van der Waals surface area contributed by atoms with Crippen molar-refractivity contribution in [2.45, 2.75) is 32.9 Å². The summed E-state index contributed by atoms with van der Waals surface area (Å²) >= 11 is 0. The summed E-state index contributed by atoms with van der Waals surface area (Å²) in [7, 11) is 1.73. The zero-order chi connectivity index (χ0) is 14.6. The van der Waals surface area contributed by atoms with Gasteiger partial charge in [-0.1, -0.05) is 0 Å². The molecule has 0 aromatic carbocycles. The summed E-state index contributed by atoms with van der Waals surface area (Å²) in [6.45, 7) is 5.86. The molecule has 0 saturated heterocycles. The quantitative estimate of drug-likeness (QED) is 0.820. The highest BCUT2D eigenvalue weighted by Crippen LogP contribution is 2.11. The monoisotopic (exact) mass is 269 g/mol. The van der Waals surface area contributed by atoms with Crippen LogP contribution in [0.15, 0.2) is 16.5 Å². The molecule has 106 valence electrons. The normalized spacial score (nSPS) is 11.6. The van der Waals surface area contributed by atoms with Crippen molar-refractivity contribution in [3.8, 4) is 0 Å². The number of carboxylic acids is 1. The highest BCUT2D eigenvalue weighted by atomic mass is 16.6. The number of likely N-dealkylation sites (N-methyl/N-ethyl adjacent to an activating group) is 1. The Balaban J connectivity index is 2.48. The van der Waals surface area contributed by atoms with Crippen molar-refractivity contribution >= 4 is 11.9 Å². The first kappa shape index (κ1) is 15.2. The largest absolute Gasteiger partial charge is 0.475 e. The lowest BCUT2D eigenvalue weighted by Crippen LogP contribution is -2.32. The second-order valence-electron chi connectivity index (χ2n) is 5.33. The second kappa shape index (κ2) is 5.88. The van der Waals surface area contributed by atoms with Crippen LogP contribution >= 0.6 is 0 Å². The molecular formula is C13H19NO5. The fourth-order valence-corrected chi connectivity index (χ4v) is 1.49. The van der Waals surface area contributed by atoms with Gasteiger partial charge >= 0.3 is 11.9 Å². The SMILES string of the molecule is CN(CC(=O)OC(C)(C)C)Cc1ccc(C(=O)O)o1. The minimum Gasteiger partial charge on any atom is -0.475 e. The average molecular weight is 269 g/mol. The Morgan fingerprint density at radius 1 is 1.37 bits per heavy atom. The van der Waals surface area contributed by atoms with Crippen molar-refractivity contribution in [2.24, 2.45) is 0 Å². The molecule has 0 aliphatic carbocycles. The van der Waals surface area contributed by atoms with E-state index < -0.39 is 11.6 Å². The van der Waals surface area contributed by atoms with Crippen LogP contribution in [0.3, 0.4) is 0 Å². The van der Waals surface area contributed by atoms with E-state index >= 15 is 0 Å². The third-order valence-electron chi connectivity index (χ3n) is 2.12. The lowest BCUT2D eigenvalue weighted by Gasteiger charge is -2.22. The summed E-state index contributed by atoms with van der Waals surface area (Å²) < 4.78 is 10.3. The fraction of sp³-hybridized carbons (Fsp3) is 0.538. The van der Waals surface area contributed by atoms with Gasteiger partial charge in [0, 0.05) is 0 Å². The molecule has 0 aliphatic heterocycles. The highest BCUT2D eigenvalue weighted by Gasteiger charge is 2.18. The maximum atomic E-state index is 11.6. The zero-order valence-electron chi connectivity index (χ0n) is 11.6. The Bertz CT molecular complexity index is 458. The van der Waals surface area contributed by atoms with Gasteiger partial charge in [-0.3, -0.25) is 9.69 Å². The summed E-state index contributed by atoms with van der Waals surface area (Å²) in [6, 6.07) is 2.97. The maximum Gasteiger partial charge on any atom is 0.371 e. The first-order chi connectivity index (χ1) is 8.67. The molecule has 0 atom stereocenters. The van der Waals surface area contributed by atoms with Gasteiger partial charge in [0.15, 0.2) is 0 Å². The van der Waals surface area contributed by atoms with E-state index in [1.165, 1.54) is 6.07 Å². The molecule has 1 N–H and O–H groups in total. The molecule has 0 unspecified atom stereocenters. The summed E-state index contributed by atoms with van der Waals surface area (Å²) in [5.41, 5.74) is -0.515. The van der Waals surface area contributed by atoms with Crippen molar-refractivity contribution in [2.75, 3.05) is 13.6 Å². The average Bonchev–Trinajstić information content (AvgIpc) is 2.62. The predicted molar refractivity (Wildman–Crippen MR) is 67.8 cm³/mol. The van der Waals surface area contributed by atoms with Crippen LogP contribution in [0.1, 0.15) is 37.1 Å². The van der Waals surface area contributed by atoms with Gasteiger partial charge < -0.3 is 14.3 Å². The summed E-state index contributed by atoms with van der Waals surface area (Å²) in [5, 5.41) is 8.72. The van der Waals surface area contributed by atoms with E-state index in [-0.39, 0.29) is 18.3 Å². The number of aromatic carboxylic acids is 1. The third kappa shape index (κ3) is 5.56. The molecule has 0 aliphatic rings. The van der Waals surface area contributed by atoms with E-state index in [2.05, 4.69) is 0 Å². The smallest absolute Gasteiger partial charge is 0.371 e. The van der Waals surface area contributed by atoms with Crippen molar-refractivity contribution in [1.29, 1.82) is 0 Å². The molecular weight excluding hydrogens is 250 g/mol. The van der Waals surface area contributed by atoms with Crippen LogP contribution < -0.4 is 0 Å². The molecule has 1 aromatic rings. The first-order valence-electron chi connectivity index (χ1n) is 5.90. The number of carbonyl (C=O) groups excluding carboxylic acids is 1. The minimum absolute atomic E-state index is 0.110. The molecule has 0 fully saturated rings. The topological polar surface area (TPSA) is 80.0 Å². The van der Waals surface area contributed by atoms with Crippen molar-refractivity contribution < 1.29 is 23.8 Å². The molecule has 0 saturated carbocycles. The second-order valence-corrected chi connectivity index (χ2v) is 5.33. The molecule has 0 spiro atoms. The van der Waals surface area contributed by atoms with Gasteiger partial charge in [-0.2, -0.15) is 0 Å². The van der Waals surface area contributed by atoms with Crippen LogP contribution in [0.25, 0.3) is 0 Å². The van der Waals surface area contributed by atoms with E-state index in [4.69, 9.17) is 14.3 Å². The van der Waals surface area contributed by atoms with Gasteiger partial charge in [0.05, 0.1) is 13.1 Å². The summed E-state index contributed by atoms with van der Waals surface area (Å²) in [4.78, 5) is 23.9. The number of hydrogen-bond acceptors (Lipinski definition) is 5. The molecule has 1 rings (SSSR count). The zero-order valence-corrected chi connectivity index (χ0v) is 11.6. The molecule has 6 nitrogen and oxygen atoms in total. The molecule has 0 bridgehead atoms. The molecule has 19 heavy (non-hydrogen) atoms. The van der Waals surface area contributed by atoms with Gasteiger partial charge in [-0.05, 0) is 40.0 Å². The fourth-order valence-electron chi connectivity index (χ4n) is 1.49. The number of carboxylic acid groups (broad SMARTS) is 1. The lowest BCUT2D eigenvalue weighted by atomic mass is 10.2. The first-order valence-corrected chi connectivity index (χ1v) is 5.90. The van der Waals surface area contributed by atoms with Gasteiger partial charge in [0.25, 0.3) is 0 Å². The number of hydrogen-bond donors (Lipinski definition) is 1. The summed E-state index contributed by atoms with van der Waals surface area (Å²) in [5.74, 6) is -1.06. The van der Waals surface area contributed by atoms with E-state index in [0.29, 0.717) is 12.3 Å². The van der Waals surface area contributed by atoms with Crippen LogP contribution in [0, 0.1) is 0 Å². The van der Waals surface area contributed by atoms with E-state index in [1.54, 1.807) is 38.8 Å². The minimum atomic E-state index is -1.11. The molecule has 1 aromatic heterocycles. The van der Waals surface area contributed by atoms with Crippen LogP contribution in [0.4, 0.5) is 0 Å². The Kier molecular flexibility index (Phi) is 4.72. The van der Waals surface area contributed by atoms with Crippen LogP contribution in [0.5, 0.6) is 0 Å². The Hall–Kier alpha value is -1.82. The van der Waals surface area contributed by atoms with E-state index in [0.717, 1.165) is 0 Å². The maximum absolute atomic E-state index is 11.6. The number of furan rings is 1. The van der Waals surface area contributed by atoms with E-state index in [1.807, 2.05) is 0 Å². The standard InChI is InChI=1S/C13H19NO5/c1-13(2,3)19-11(15)8-14(4)7-9-5-6-10(18-9)12(16)17/h5-6H,7-8H2,1-4H3,(H,16,17). The van der Waals surface area contributed by atoms with Crippen molar-refractivity contribution in [3.05, 3.63) is 23.7 Å². The van der Waals surface area contributed by atoms with Gasteiger partial charge in [-0.25, -0.2) is 4.79 Å². The third-order valence-corrected chi connectivity index (χ3v) is 2.12. The predicted octanol–water partition coefficient (Wildman–Crippen LogP) is 1.75. The van der Waals surface area contributed by atoms with Gasteiger partial charge in [0.2, 0.25) is 5.76 Å². The Morgan fingerprint density at radius 2 is 2.00 bits per heavy atom. The van der Waals surface area contributed by atoms with Crippen molar-refractivity contribution in [1.82, 2.24) is 4.90 Å². The number of carbonyl (C=O) groups is 2. The molecule has 6 heteroatoms. The van der Waals surface area contributed by atoms with Crippen molar-refractivity contribution in [3.63, 3.8) is 0 Å².